The van der Waals surface area contributed by atoms with E-state index in [2.05, 4.69) is 27.7 Å². The Labute approximate surface area is 101 Å². The third-order valence-corrected chi connectivity index (χ3v) is 3.23. The molecule has 1 aromatic rings. The van der Waals surface area contributed by atoms with Crippen molar-refractivity contribution in [3.63, 3.8) is 0 Å². The third kappa shape index (κ3) is 2.19. The predicted octanol–water partition coefficient (Wildman–Crippen LogP) is 2.07. The third-order valence-electron chi connectivity index (χ3n) is 2.83. The first kappa shape index (κ1) is 13.0. The van der Waals surface area contributed by atoms with Crippen molar-refractivity contribution in [1.82, 2.24) is 0 Å². The Morgan fingerprint density at radius 3 is 2.25 bits per heavy atom. The lowest BCUT2D eigenvalue weighted by molar-refractivity contribution is 0.112. The molecule has 16 heavy (non-hydrogen) atoms. The molecule has 0 aliphatic carbocycles. The summed E-state index contributed by atoms with van der Waals surface area (Å²) in [6, 6.07) is 1.92. The van der Waals surface area contributed by atoms with Gasteiger partial charge in [0.25, 0.3) is 0 Å². The van der Waals surface area contributed by atoms with Crippen LogP contribution in [0.5, 0.6) is 5.75 Å². The molecule has 0 bridgehead atoms. The molecule has 0 fully saturated rings. The number of aryl methyl sites for hydroxylation is 1. The summed E-state index contributed by atoms with van der Waals surface area (Å²) in [6.45, 7) is 10.6. The highest BCUT2D eigenvalue weighted by atomic mass is 28.2. The van der Waals surface area contributed by atoms with Crippen LogP contribution in [0.25, 0.3) is 0 Å². The van der Waals surface area contributed by atoms with Crippen LogP contribution in [-0.4, -0.2) is 16.8 Å². The molecule has 0 saturated carbocycles. The lowest BCUT2D eigenvalue weighted by Gasteiger charge is -2.26. The maximum absolute atomic E-state index is 11.0. The molecule has 0 radical (unpaired) electrons. The van der Waals surface area contributed by atoms with Crippen LogP contribution in [0.2, 0.25) is 0 Å². The highest BCUT2D eigenvalue weighted by molar-refractivity contribution is 6.01. The second-order valence-electron chi connectivity index (χ2n) is 5.18. The topological polar surface area (TPSA) is 26.3 Å². The van der Waals surface area contributed by atoms with Crippen LogP contribution >= 0.6 is 0 Å². The SMILES string of the molecule is Cc1cc(C=O)c(O[SiH3])c(C)c1C(C)(C)C. The zero-order valence-electron chi connectivity index (χ0n) is 11.0. The molecule has 1 aromatic carbocycles. The zero-order valence-corrected chi connectivity index (χ0v) is 13.0. The maximum atomic E-state index is 11.0. The minimum Gasteiger partial charge on any atom is -0.553 e. The van der Waals surface area contributed by atoms with Gasteiger partial charge in [0.05, 0.1) is 5.56 Å². The van der Waals surface area contributed by atoms with Crippen LogP contribution in [0.15, 0.2) is 6.07 Å². The maximum Gasteiger partial charge on any atom is 0.204 e. The Kier molecular flexibility index (Phi) is 3.58. The van der Waals surface area contributed by atoms with Gasteiger partial charge in [-0.3, -0.25) is 4.79 Å². The van der Waals surface area contributed by atoms with Gasteiger partial charge >= 0.3 is 0 Å². The number of rotatable bonds is 2. The molecule has 0 atom stereocenters. The number of carbonyl (C=O) groups excluding carboxylic acids is 1. The minimum atomic E-state index is 0.0738. The number of aldehydes is 1. The van der Waals surface area contributed by atoms with Gasteiger partial charge in [-0.2, -0.15) is 0 Å². The van der Waals surface area contributed by atoms with Gasteiger partial charge in [0, 0.05) is 0 Å². The van der Waals surface area contributed by atoms with E-state index in [1.54, 1.807) is 0 Å². The molecule has 0 aliphatic heterocycles. The van der Waals surface area contributed by atoms with Gasteiger partial charge in [-0.25, -0.2) is 0 Å². The van der Waals surface area contributed by atoms with E-state index in [9.17, 15) is 4.79 Å². The first-order chi connectivity index (χ1) is 7.32. The molecule has 1 rings (SSSR count). The Morgan fingerprint density at radius 2 is 1.88 bits per heavy atom. The predicted molar refractivity (Wildman–Crippen MR) is 70.6 cm³/mol. The molecule has 0 saturated heterocycles. The normalized spacial score (nSPS) is 11.6. The van der Waals surface area contributed by atoms with E-state index >= 15 is 0 Å². The first-order valence-corrected chi connectivity index (χ1v) is 6.28. The van der Waals surface area contributed by atoms with Crippen LogP contribution in [0.1, 0.15) is 47.8 Å². The highest BCUT2D eigenvalue weighted by Gasteiger charge is 2.22. The Hall–Kier alpha value is -1.09. The van der Waals surface area contributed by atoms with Crippen LogP contribution in [-0.2, 0) is 5.41 Å². The van der Waals surface area contributed by atoms with E-state index in [-0.39, 0.29) is 5.41 Å². The molecule has 0 aliphatic rings. The van der Waals surface area contributed by atoms with Crippen LogP contribution in [0.4, 0.5) is 0 Å². The molecule has 3 heteroatoms. The largest absolute Gasteiger partial charge is 0.553 e. The van der Waals surface area contributed by atoms with Gasteiger partial charge in [-0.05, 0) is 42.0 Å². The van der Waals surface area contributed by atoms with Gasteiger partial charge in [0.15, 0.2) is 6.29 Å². The highest BCUT2D eigenvalue weighted by Crippen LogP contribution is 2.35. The number of benzene rings is 1. The summed E-state index contributed by atoms with van der Waals surface area (Å²) in [5.74, 6) is 0.761. The van der Waals surface area contributed by atoms with Gasteiger partial charge < -0.3 is 4.43 Å². The quantitative estimate of drug-likeness (QED) is 0.580. The number of hydrogen-bond donors (Lipinski definition) is 0. The number of carbonyl (C=O) groups is 1. The van der Waals surface area contributed by atoms with E-state index in [0.29, 0.717) is 16.0 Å². The molecule has 0 N–H and O–H groups in total. The summed E-state index contributed by atoms with van der Waals surface area (Å²) < 4.78 is 5.47. The molecule has 0 heterocycles. The van der Waals surface area contributed by atoms with Crippen molar-refractivity contribution in [3.05, 3.63) is 28.3 Å². The van der Waals surface area contributed by atoms with Gasteiger partial charge in [-0.1, -0.05) is 20.8 Å². The van der Waals surface area contributed by atoms with Gasteiger partial charge in [0.1, 0.15) is 5.75 Å². The van der Waals surface area contributed by atoms with E-state index in [4.69, 9.17) is 4.43 Å². The molecular weight excluding hydrogens is 216 g/mol. The van der Waals surface area contributed by atoms with E-state index in [1.807, 2.05) is 13.0 Å². The fraction of sp³-hybridized carbons (Fsp3) is 0.462. The van der Waals surface area contributed by atoms with Crippen LogP contribution in [0, 0.1) is 13.8 Å². The zero-order chi connectivity index (χ0) is 12.5. The summed E-state index contributed by atoms with van der Waals surface area (Å²) in [7, 11) is 0.602. The Morgan fingerprint density at radius 1 is 1.31 bits per heavy atom. The lowest BCUT2D eigenvalue weighted by Crippen LogP contribution is -2.16. The van der Waals surface area contributed by atoms with E-state index in [0.717, 1.165) is 23.2 Å². The summed E-state index contributed by atoms with van der Waals surface area (Å²) >= 11 is 0. The lowest BCUT2D eigenvalue weighted by atomic mass is 9.80. The fourth-order valence-electron chi connectivity index (χ4n) is 2.51. The first-order valence-electron chi connectivity index (χ1n) is 5.46. The molecule has 0 unspecified atom stereocenters. The molecule has 88 valence electrons. The van der Waals surface area contributed by atoms with E-state index in [1.165, 1.54) is 5.56 Å². The van der Waals surface area contributed by atoms with Crippen molar-refractivity contribution >= 4 is 16.8 Å². The minimum absolute atomic E-state index is 0.0738. The Bertz CT molecular complexity index is 417. The van der Waals surface area contributed by atoms with Crippen LogP contribution in [0.3, 0.4) is 0 Å². The Balaban J connectivity index is 3.60. The van der Waals surface area contributed by atoms with Crippen LogP contribution < -0.4 is 4.43 Å². The fourth-order valence-corrected chi connectivity index (χ4v) is 3.05. The standard InChI is InChI=1S/C13H20O2Si/c1-8-6-10(7-14)12(15-16)9(2)11(8)13(3,4)5/h6-7H,1-5,16H3. The molecule has 0 spiro atoms. The van der Waals surface area contributed by atoms with Crippen molar-refractivity contribution < 1.29 is 9.22 Å². The number of hydrogen-bond acceptors (Lipinski definition) is 2. The average Bonchev–Trinajstić information content (AvgIpc) is 2.14. The van der Waals surface area contributed by atoms with Crippen molar-refractivity contribution in [2.75, 3.05) is 0 Å². The molecule has 0 aromatic heterocycles. The van der Waals surface area contributed by atoms with Crippen molar-refractivity contribution in [1.29, 1.82) is 0 Å². The van der Waals surface area contributed by atoms with Crippen molar-refractivity contribution in [3.8, 4) is 5.75 Å². The molecule has 2 nitrogen and oxygen atoms in total. The van der Waals surface area contributed by atoms with Crippen molar-refractivity contribution in [2.24, 2.45) is 0 Å². The van der Waals surface area contributed by atoms with Crippen molar-refractivity contribution in [2.45, 2.75) is 40.0 Å². The summed E-state index contributed by atoms with van der Waals surface area (Å²) in [5, 5.41) is 0. The summed E-state index contributed by atoms with van der Waals surface area (Å²) in [4.78, 5) is 11.0. The monoisotopic (exact) mass is 236 g/mol. The molecular formula is C13H20O2Si. The summed E-state index contributed by atoms with van der Waals surface area (Å²) in [6.07, 6.45) is 0.875. The van der Waals surface area contributed by atoms with Gasteiger partial charge in [0.2, 0.25) is 10.5 Å². The second-order valence-corrected chi connectivity index (χ2v) is 5.59. The summed E-state index contributed by atoms with van der Waals surface area (Å²) in [5.41, 5.74) is 4.28. The smallest absolute Gasteiger partial charge is 0.204 e. The molecule has 0 amide bonds. The van der Waals surface area contributed by atoms with Gasteiger partial charge in [-0.15, -0.1) is 0 Å². The second kappa shape index (κ2) is 4.42. The average molecular weight is 236 g/mol. The van der Waals surface area contributed by atoms with E-state index < -0.39 is 0 Å².